The highest BCUT2D eigenvalue weighted by Gasteiger charge is 2.45. The van der Waals surface area contributed by atoms with Crippen molar-refractivity contribution in [1.82, 2.24) is 4.90 Å². The number of hydrogen-bond donors (Lipinski definition) is 0. The van der Waals surface area contributed by atoms with Gasteiger partial charge in [0.2, 0.25) is 5.91 Å². The smallest absolute Gasteiger partial charge is 0.255 e. The summed E-state index contributed by atoms with van der Waals surface area (Å²) in [7, 11) is 0. The highest BCUT2D eigenvalue weighted by molar-refractivity contribution is 9.10. The Labute approximate surface area is 178 Å². The van der Waals surface area contributed by atoms with E-state index >= 15 is 0 Å². The molecule has 0 saturated carbocycles. The van der Waals surface area contributed by atoms with Crippen LogP contribution >= 0.6 is 27.5 Å². The zero-order chi connectivity index (χ0) is 19.9. The van der Waals surface area contributed by atoms with Gasteiger partial charge >= 0.3 is 0 Å². The number of likely N-dealkylation sites (tertiary alicyclic amines) is 1. The fraction of sp³-hybridized carbons (Fsp3) is 0.409. The molecule has 1 fully saturated rings. The minimum atomic E-state index is -0.659. The number of piperidine rings is 1. The zero-order valence-electron chi connectivity index (χ0n) is 16.0. The van der Waals surface area contributed by atoms with E-state index in [0.717, 1.165) is 21.5 Å². The summed E-state index contributed by atoms with van der Waals surface area (Å²) in [5.41, 5.74) is 1.01. The number of halogens is 2. The van der Waals surface area contributed by atoms with Gasteiger partial charge in [0.25, 0.3) is 5.79 Å². The second-order valence-electron chi connectivity index (χ2n) is 7.80. The number of benzene rings is 2. The second-order valence-corrected chi connectivity index (χ2v) is 9.16. The maximum Gasteiger partial charge on any atom is 0.255 e. The molecule has 2 aliphatic rings. The minimum Gasteiger partial charge on any atom is -0.448 e. The first kappa shape index (κ1) is 19.6. The first-order chi connectivity index (χ1) is 13.4. The molecule has 0 aliphatic carbocycles. The van der Waals surface area contributed by atoms with Crippen LogP contribution in [-0.2, 0) is 4.79 Å². The van der Waals surface area contributed by atoms with Crippen molar-refractivity contribution in [2.45, 2.75) is 38.4 Å². The van der Waals surface area contributed by atoms with Gasteiger partial charge in [0, 0.05) is 35.4 Å². The molecular weight excluding hydrogens is 442 g/mol. The van der Waals surface area contributed by atoms with E-state index in [1.165, 1.54) is 0 Å². The van der Waals surface area contributed by atoms with Crippen LogP contribution in [0.5, 0.6) is 11.5 Å². The van der Waals surface area contributed by atoms with E-state index in [4.69, 9.17) is 21.1 Å². The Morgan fingerprint density at radius 1 is 1.07 bits per heavy atom. The Bertz CT molecular complexity index is 876. The van der Waals surface area contributed by atoms with Gasteiger partial charge < -0.3 is 14.4 Å². The average Bonchev–Trinajstić information content (AvgIpc) is 3.00. The molecule has 1 amide bonds. The maximum atomic E-state index is 13.3. The highest BCUT2D eigenvalue weighted by Crippen LogP contribution is 2.45. The van der Waals surface area contributed by atoms with Crippen LogP contribution in [-0.4, -0.2) is 29.7 Å². The van der Waals surface area contributed by atoms with Gasteiger partial charge in [-0.1, -0.05) is 53.5 Å². The first-order valence-corrected chi connectivity index (χ1v) is 10.8. The number of amides is 1. The summed E-state index contributed by atoms with van der Waals surface area (Å²) in [6, 6.07) is 13.4. The van der Waals surface area contributed by atoms with Crippen molar-refractivity contribution in [3.8, 4) is 11.5 Å². The summed E-state index contributed by atoms with van der Waals surface area (Å²) in [6.07, 6.45) is 1.30. The number of hydrogen-bond acceptors (Lipinski definition) is 3. The predicted molar refractivity (Wildman–Crippen MR) is 113 cm³/mol. The summed E-state index contributed by atoms with van der Waals surface area (Å²) in [5, 5.41) is 0.681. The molecule has 28 heavy (non-hydrogen) atoms. The predicted octanol–water partition coefficient (Wildman–Crippen LogP) is 5.63. The third-order valence-electron chi connectivity index (χ3n) is 5.50. The molecule has 0 unspecified atom stereocenters. The molecule has 4 rings (SSSR count). The van der Waals surface area contributed by atoms with Gasteiger partial charge in [-0.3, -0.25) is 4.79 Å². The molecule has 0 radical (unpaired) electrons. The Balaban J connectivity index is 1.46. The van der Waals surface area contributed by atoms with Gasteiger partial charge in [-0.2, -0.15) is 0 Å². The molecular formula is C22H23BrClNO3. The summed E-state index contributed by atoms with van der Waals surface area (Å²) in [6.45, 7) is 5.40. The Hall–Kier alpha value is -1.72. The van der Waals surface area contributed by atoms with Crippen LogP contribution in [0, 0.1) is 5.92 Å². The molecule has 2 aromatic carbocycles. The van der Waals surface area contributed by atoms with Crippen LogP contribution in [0.2, 0.25) is 5.02 Å². The Morgan fingerprint density at radius 2 is 1.71 bits per heavy atom. The van der Waals surface area contributed by atoms with Crippen molar-refractivity contribution < 1.29 is 14.3 Å². The average molecular weight is 465 g/mol. The van der Waals surface area contributed by atoms with Crippen LogP contribution in [0.3, 0.4) is 0 Å². The van der Waals surface area contributed by atoms with E-state index in [9.17, 15) is 4.79 Å². The van der Waals surface area contributed by atoms with Crippen LogP contribution in [0.1, 0.15) is 38.2 Å². The largest absolute Gasteiger partial charge is 0.448 e. The highest BCUT2D eigenvalue weighted by atomic mass is 79.9. The summed E-state index contributed by atoms with van der Waals surface area (Å²) < 4.78 is 13.2. The van der Waals surface area contributed by atoms with Crippen LogP contribution in [0.25, 0.3) is 0 Å². The third kappa shape index (κ3) is 3.74. The third-order valence-corrected chi connectivity index (χ3v) is 6.24. The fourth-order valence-corrected chi connectivity index (χ4v) is 4.49. The van der Waals surface area contributed by atoms with Gasteiger partial charge in [-0.25, -0.2) is 0 Å². The molecule has 2 aliphatic heterocycles. The van der Waals surface area contributed by atoms with Crippen molar-refractivity contribution >= 4 is 33.4 Å². The summed E-state index contributed by atoms with van der Waals surface area (Å²) >= 11 is 9.48. The van der Waals surface area contributed by atoms with Crippen LogP contribution in [0.15, 0.2) is 46.9 Å². The number of nitrogens with zero attached hydrogens (tertiary/aromatic N) is 1. The normalized spacial score (nSPS) is 18.5. The number of ether oxygens (including phenoxy) is 2. The lowest BCUT2D eigenvalue weighted by Crippen LogP contribution is -2.52. The van der Waals surface area contributed by atoms with Crippen molar-refractivity contribution in [1.29, 1.82) is 0 Å². The zero-order valence-corrected chi connectivity index (χ0v) is 18.3. The second kappa shape index (κ2) is 7.60. The topological polar surface area (TPSA) is 38.8 Å². The summed E-state index contributed by atoms with van der Waals surface area (Å²) in [5.74, 6) is 1.05. The molecule has 1 atom stereocenters. The van der Waals surface area contributed by atoms with Crippen molar-refractivity contribution in [2.75, 3.05) is 13.1 Å². The minimum absolute atomic E-state index is 0.158. The number of carbonyl (C=O) groups excluding carboxylic acids is 1. The molecule has 6 heteroatoms. The molecule has 0 aromatic heterocycles. The van der Waals surface area contributed by atoms with Gasteiger partial charge in [0.15, 0.2) is 11.5 Å². The van der Waals surface area contributed by atoms with Gasteiger partial charge in [0.1, 0.15) is 0 Å². The standard InChI is InChI=1S/C22H23BrClNO3/c1-14(2)20(15-3-6-17(24)7-4-15)21(26)25-11-9-22(10-12-25)27-18-8-5-16(23)13-19(18)28-22/h3-8,13-14,20H,9-12H2,1-2H3/t20-/m0/s1. The van der Waals surface area contributed by atoms with Crippen molar-refractivity contribution in [2.24, 2.45) is 5.92 Å². The van der Waals surface area contributed by atoms with Crippen LogP contribution < -0.4 is 9.47 Å². The first-order valence-electron chi connectivity index (χ1n) is 9.59. The van der Waals surface area contributed by atoms with E-state index < -0.39 is 5.79 Å². The van der Waals surface area contributed by atoms with E-state index in [0.29, 0.717) is 31.0 Å². The van der Waals surface area contributed by atoms with Gasteiger partial charge in [-0.05, 0) is 41.8 Å². The number of fused-ring (bicyclic) bond motifs is 1. The molecule has 2 aromatic rings. The van der Waals surface area contributed by atoms with Crippen molar-refractivity contribution in [3.05, 3.63) is 57.5 Å². The Kier molecular flexibility index (Phi) is 5.32. The maximum absolute atomic E-state index is 13.3. The fourth-order valence-electron chi connectivity index (χ4n) is 4.02. The molecule has 2 heterocycles. The van der Waals surface area contributed by atoms with E-state index in [-0.39, 0.29) is 17.7 Å². The molecule has 0 N–H and O–H groups in total. The van der Waals surface area contributed by atoms with E-state index in [1.807, 2.05) is 47.4 Å². The van der Waals surface area contributed by atoms with Gasteiger partial charge in [0.05, 0.1) is 5.92 Å². The number of rotatable bonds is 3. The van der Waals surface area contributed by atoms with Gasteiger partial charge in [-0.15, -0.1) is 0 Å². The quantitative estimate of drug-likeness (QED) is 0.591. The molecule has 1 saturated heterocycles. The van der Waals surface area contributed by atoms with E-state index in [2.05, 4.69) is 29.8 Å². The molecule has 148 valence electrons. The molecule has 4 nitrogen and oxygen atoms in total. The molecule has 0 bridgehead atoms. The summed E-state index contributed by atoms with van der Waals surface area (Å²) in [4.78, 5) is 15.2. The SMILES string of the molecule is CC(C)[C@H](C(=O)N1CCC2(CC1)Oc1ccc(Br)cc1O2)c1ccc(Cl)cc1. The lowest BCUT2D eigenvalue weighted by atomic mass is 9.86. The lowest BCUT2D eigenvalue weighted by molar-refractivity contribution is -0.148. The number of carbonyl (C=O) groups is 1. The van der Waals surface area contributed by atoms with Crippen LogP contribution in [0.4, 0.5) is 0 Å². The monoisotopic (exact) mass is 463 g/mol. The Morgan fingerprint density at radius 3 is 2.36 bits per heavy atom. The van der Waals surface area contributed by atoms with E-state index in [1.54, 1.807) is 0 Å². The lowest BCUT2D eigenvalue weighted by Gasteiger charge is -2.39. The van der Waals surface area contributed by atoms with Crippen molar-refractivity contribution in [3.63, 3.8) is 0 Å². The molecule has 1 spiro atoms.